The molecule has 0 bridgehead atoms. The standard InChI is InChI=1S/C12H13NO3/c1-7(11(14)12(15)16)9-6-13-10-5-3-2-4-8(9)10/h2-7,11,13-14H,1H3,(H,15,16)/t7-,11+/m1/s1. The van der Waals surface area contributed by atoms with Gasteiger partial charge >= 0.3 is 5.97 Å². The molecule has 0 aliphatic carbocycles. The Morgan fingerprint density at radius 1 is 1.38 bits per heavy atom. The number of H-pyrrole nitrogens is 1. The molecule has 0 fully saturated rings. The maximum Gasteiger partial charge on any atom is 0.333 e. The summed E-state index contributed by atoms with van der Waals surface area (Å²) in [6, 6.07) is 7.62. The lowest BCUT2D eigenvalue weighted by molar-refractivity contribution is -0.147. The molecule has 1 aromatic carbocycles. The highest BCUT2D eigenvalue weighted by Gasteiger charge is 2.24. The maximum atomic E-state index is 10.7. The zero-order chi connectivity index (χ0) is 11.7. The van der Waals surface area contributed by atoms with Crippen LogP contribution in [-0.4, -0.2) is 27.3 Å². The van der Waals surface area contributed by atoms with Crippen molar-refractivity contribution in [1.29, 1.82) is 0 Å². The number of nitrogens with one attached hydrogen (secondary N) is 1. The van der Waals surface area contributed by atoms with Crippen LogP contribution in [0.5, 0.6) is 0 Å². The predicted octanol–water partition coefficient (Wildman–Crippen LogP) is 1.72. The third-order valence-electron chi connectivity index (χ3n) is 2.84. The van der Waals surface area contributed by atoms with Crippen molar-refractivity contribution in [3.8, 4) is 0 Å². The Hall–Kier alpha value is -1.81. The first-order valence-corrected chi connectivity index (χ1v) is 5.08. The summed E-state index contributed by atoms with van der Waals surface area (Å²) in [6.07, 6.45) is 0.376. The van der Waals surface area contributed by atoms with Gasteiger partial charge in [-0.2, -0.15) is 0 Å². The minimum absolute atomic E-state index is 0.436. The molecule has 0 saturated carbocycles. The van der Waals surface area contributed by atoms with Gasteiger partial charge in [0.25, 0.3) is 0 Å². The van der Waals surface area contributed by atoms with E-state index in [4.69, 9.17) is 5.11 Å². The van der Waals surface area contributed by atoms with Crippen LogP contribution in [0.25, 0.3) is 10.9 Å². The molecule has 3 N–H and O–H groups in total. The molecule has 1 heterocycles. The number of hydrogen-bond donors (Lipinski definition) is 3. The Balaban J connectivity index is 2.44. The van der Waals surface area contributed by atoms with Crippen LogP contribution in [0.1, 0.15) is 18.4 Å². The van der Waals surface area contributed by atoms with E-state index in [0.717, 1.165) is 16.5 Å². The van der Waals surface area contributed by atoms with Crippen LogP contribution in [-0.2, 0) is 4.79 Å². The molecule has 2 rings (SSSR count). The van der Waals surface area contributed by atoms with Crippen LogP contribution < -0.4 is 0 Å². The van der Waals surface area contributed by atoms with Crippen LogP contribution in [0.2, 0.25) is 0 Å². The fourth-order valence-corrected chi connectivity index (χ4v) is 1.85. The number of aliphatic hydroxyl groups is 1. The number of rotatable bonds is 3. The molecular formula is C12H13NO3. The van der Waals surface area contributed by atoms with Gasteiger partial charge in [-0.1, -0.05) is 25.1 Å². The Morgan fingerprint density at radius 2 is 2.06 bits per heavy atom. The van der Waals surface area contributed by atoms with E-state index in [9.17, 15) is 9.90 Å². The highest BCUT2D eigenvalue weighted by molar-refractivity contribution is 5.85. The molecular weight excluding hydrogens is 206 g/mol. The summed E-state index contributed by atoms with van der Waals surface area (Å²) in [5, 5.41) is 19.2. The fraction of sp³-hybridized carbons (Fsp3) is 0.250. The molecule has 4 nitrogen and oxygen atoms in total. The van der Waals surface area contributed by atoms with Crippen LogP contribution >= 0.6 is 0 Å². The summed E-state index contributed by atoms with van der Waals surface area (Å²) in [4.78, 5) is 13.8. The van der Waals surface area contributed by atoms with Gasteiger partial charge in [-0.05, 0) is 11.6 Å². The topological polar surface area (TPSA) is 73.3 Å². The number of carboxylic acids is 1. The van der Waals surface area contributed by atoms with E-state index in [1.165, 1.54) is 0 Å². The average molecular weight is 219 g/mol. The van der Waals surface area contributed by atoms with Crippen LogP contribution in [0.15, 0.2) is 30.5 Å². The van der Waals surface area contributed by atoms with Crippen molar-refractivity contribution in [1.82, 2.24) is 4.98 Å². The van der Waals surface area contributed by atoms with Gasteiger partial charge in [-0.3, -0.25) is 0 Å². The predicted molar refractivity (Wildman–Crippen MR) is 60.4 cm³/mol. The molecule has 0 radical (unpaired) electrons. The van der Waals surface area contributed by atoms with Gasteiger partial charge in [0, 0.05) is 23.0 Å². The van der Waals surface area contributed by atoms with Crippen molar-refractivity contribution in [2.45, 2.75) is 18.9 Å². The van der Waals surface area contributed by atoms with Crippen molar-refractivity contribution in [3.05, 3.63) is 36.0 Å². The minimum atomic E-state index is -1.38. The Kier molecular flexibility index (Phi) is 2.66. The zero-order valence-electron chi connectivity index (χ0n) is 8.84. The van der Waals surface area contributed by atoms with E-state index in [0.29, 0.717) is 0 Å². The van der Waals surface area contributed by atoms with E-state index in [1.807, 2.05) is 24.3 Å². The highest BCUT2D eigenvalue weighted by Crippen LogP contribution is 2.27. The van der Waals surface area contributed by atoms with E-state index in [2.05, 4.69) is 4.98 Å². The number of carboxylic acid groups (broad SMARTS) is 1. The molecule has 0 spiro atoms. The van der Waals surface area contributed by atoms with Gasteiger partial charge < -0.3 is 15.2 Å². The van der Waals surface area contributed by atoms with Crippen LogP contribution in [0.4, 0.5) is 0 Å². The molecule has 1 aromatic heterocycles. The summed E-state index contributed by atoms with van der Waals surface area (Å²) in [5.74, 6) is -1.63. The van der Waals surface area contributed by atoms with E-state index in [-0.39, 0.29) is 0 Å². The van der Waals surface area contributed by atoms with Crippen molar-refractivity contribution in [2.75, 3.05) is 0 Å². The minimum Gasteiger partial charge on any atom is -0.479 e. The highest BCUT2D eigenvalue weighted by atomic mass is 16.4. The number of aromatic nitrogens is 1. The third kappa shape index (κ3) is 1.67. The van der Waals surface area contributed by atoms with Gasteiger partial charge in [0.15, 0.2) is 6.10 Å². The van der Waals surface area contributed by atoms with E-state index in [1.54, 1.807) is 13.1 Å². The smallest absolute Gasteiger partial charge is 0.333 e. The van der Waals surface area contributed by atoms with Crippen LogP contribution in [0, 0.1) is 0 Å². The first kappa shape index (κ1) is 10.7. The Morgan fingerprint density at radius 3 is 2.75 bits per heavy atom. The number of hydrogen-bond acceptors (Lipinski definition) is 2. The molecule has 0 aliphatic heterocycles. The van der Waals surface area contributed by atoms with Crippen molar-refractivity contribution in [2.24, 2.45) is 0 Å². The maximum absolute atomic E-state index is 10.7. The summed E-state index contributed by atoms with van der Waals surface area (Å²) < 4.78 is 0. The molecule has 0 saturated heterocycles. The summed E-state index contributed by atoms with van der Waals surface area (Å²) in [6.45, 7) is 1.70. The fourth-order valence-electron chi connectivity index (χ4n) is 1.85. The molecule has 2 atom stereocenters. The van der Waals surface area contributed by atoms with Gasteiger partial charge in [0.1, 0.15) is 0 Å². The number of fused-ring (bicyclic) bond motifs is 1. The largest absolute Gasteiger partial charge is 0.479 e. The van der Waals surface area contributed by atoms with E-state index >= 15 is 0 Å². The summed E-state index contributed by atoms with van der Waals surface area (Å²) in [7, 11) is 0. The first-order valence-electron chi connectivity index (χ1n) is 5.08. The van der Waals surface area contributed by atoms with Gasteiger partial charge in [-0.25, -0.2) is 4.79 Å². The normalized spacial score (nSPS) is 14.9. The van der Waals surface area contributed by atoms with Crippen molar-refractivity contribution in [3.63, 3.8) is 0 Å². The van der Waals surface area contributed by atoms with E-state index < -0.39 is 18.0 Å². The second-order valence-corrected chi connectivity index (χ2v) is 3.86. The lowest BCUT2D eigenvalue weighted by atomic mass is 9.95. The summed E-state index contributed by atoms with van der Waals surface area (Å²) >= 11 is 0. The quantitative estimate of drug-likeness (QED) is 0.735. The molecule has 0 aliphatic rings. The van der Waals surface area contributed by atoms with Gasteiger partial charge in [0.05, 0.1) is 0 Å². The van der Waals surface area contributed by atoms with Gasteiger partial charge in [0.2, 0.25) is 0 Å². The number of carbonyl (C=O) groups is 1. The van der Waals surface area contributed by atoms with Gasteiger partial charge in [-0.15, -0.1) is 0 Å². The number of aromatic amines is 1. The molecule has 4 heteroatoms. The Labute approximate surface area is 92.5 Å². The summed E-state index contributed by atoms with van der Waals surface area (Å²) in [5.41, 5.74) is 1.77. The number of aliphatic carboxylic acids is 1. The molecule has 0 amide bonds. The lowest BCUT2D eigenvalue weighted by Gasteiger charge is -2.14. The number of benzene rings is 1. The number of para-hydroxylation sites is 1. The Bertz CT molecular complexity index is 518. The second-order valence-electron chi connectivity index (χ2n) is 3.86. The monoisotopic (exact) mass is 219 g/mol. The zero-order valence-corrected chi connectivity index (χ0v) is 8.84. The molecule has 0 unspecified atom stereocenters. The number of aliphatic hydroxyl groups excluding tert-OH is 1. The van der Waals surface area contributed by atoms with Crippen LogP contribution in [0.3, 0.4) is 0 Å². The van der Waals surface area contributed by atoms with Crippen molar-refractivity contribution >= 4 is 16.9 Å². The lowest BCUT2D eigenvalue weighted by Crippen LogP contribution is -2.25. The first-order chi connectivity index (χ1) is 7.61. The molecule has 16 heavy (non-hydrogen) atoms. The molecule has 2 aromatic rings. The molecule has 84 valence electrons. The van der Waals surface area contributed by atoms with Crippen molar-refractivity contribution < 1.29 is 15.0 Å². The SMILES string of the molecule is C[C@H](c1c[nH]c2ccccc12)[C@H](O)C(=O)O. The average Bonchev–Trinajstić information content (AvgIpc) is 2.70. The second kappa shape index (κ2) is 3.98. The third-order valence-corrected chi connectivity index (χ3v) is 2.84.